The molecule has 1 heterocycles. The first kappa shape index (κ1) is 20.0. The Bertz CT molecular complexity index is 724. The van der Waals surface area contributed by atoms with Crippen molar-refractivity contribution in [3.8, 4) is 5.75 Å². The highest BCUT2D eigenvalue weighted by molar-refractivity contribution is 9.10. The van der Waals surface area contributed by atoms with Crippen LogP contribution in [-0.2, 0) is 6.54 Å². The molecule has 2 aromatic rings. The topological polar surface area (TPSA) is 65.9 Å². The third kappa shape index (κ3) is 6.18. The quantitative estimate of drug-likeness (QED) is 0.445. The van der Waals surface area contributed by atoms with Crippen molar-refractivity contribution in [3.05, 3.63) is 49.6 Å². The smallest absolute Gasteiger partial charge is 0.191 e. The number of aliphatic hydroxyl groups is 1. The summed E-state index contributed by atoms with van der Waals surface area (Å²) in [7, 11) is 1.64. The van der Waals surface area contributed by atoms with Crippen molar-refractivity contribution in [2.45, 2.75) is 19.6 Å². The Kier molecular flexibility index (Phi) is 8.02. The van der Waals surface area contributed by atoms with Crippen molar-refractivity contribution in [1.82, 2.24) is 10.6 Å². The van der Waals surface area contributed by atoms with Crippen molar-refractivity contribution >= 4 is 44.8 Å². The van der Waals surface area contributed by atoms with Gasteiger partial charge in [-0.25, -0.2) is 4.99 Å². The third-order valence-corrected chi connectivity index (χ3v) is 5.32. The average Bonchev–Trinajstić information content (AvgIpc) is 3.03. The van der Waals surface area contributed by atoms with Gasteiger partial charge in [-0.1, -0.05) is 17.7 Å². The van der Waals surface area contributed by atoms with E-state index in [1.165, 1.54) is 11.3 Å². The maximum atomic E-state index is 10.2. The highest BCUT2D eigenvalue weighted by Crippen LogP contribution is 2.27. The Morgan fingerprint density at radius 2 is 2.16 bits per heavy atom. The van der Waals surface area contributed by atoms with E-state index in [4.69, 9.17) is 16.3 Å². The lowest BCUT2D eigenvalue weighted by Gasteiger charge is -2.14. The van der Waals surface area contributed by atoms with Gasteiger partial charge in [0.25, 0.3) is 0 Å². The van der Waals surface area contributed by atoms with Gasteiger partial charge in [0.1, 0.15) is 11.9 Å². The first-order chi connectivity index (χ1) is 12.0. The fourth-order valence-electron chi connectivity index (χ4n) is 2.12. The van der Waals surface area contributed by atoms with Gasteiger partial charge in [0.2, 0.25) is 0 Å². The van der Waals surface area contributed by atoms with E-state index in [-0.39, 0.29) is 0 Å². The molecule has 3 N–H and O–H groups in total. The van der Waals surface area contributed by atoms with Crippen molar-refractivity contribution in [1.29, 1.82) is 0 Å². The molecule has 0 aliphatic carbocycles. The van der Waals surface area contributed by atoms with Crippen molar-refractivity contribution in [2.24, 2.45) is 4.99 Å². The molecule has 0 saturated heterocycles. The molecule has 136 valence electrons. The van der Waals surface area contributed by atoms with Gasteiger partial charge in [0.05, 0.1) is 22.5 Å². The Balaban J connectivity index is 1.96. The van der Waals surface area contributed by atoms with Crippen LogP contribution in [0.5, 0.6) is 5.75 Å². The zero-order valence-corrected chi connectivity index (χ0v) is 17.2. The standard InChI is InChI=1S/C17H21BrClN3O2S/c1-3-20-17(22-10-13(23)15-6-7-16(19)25-15)21-9-11-4-5-14(24-2)12(18)8-11/h4-8,13,23H,3,9-10H2,1-2H3,(H2,20,21,22). The van der Waals surface area contributed by atoms with Crippen molar-refractivity contribution in [2.75, 3.05) is 20.2 Å². The summed E-state index contributed by atoms with van der Waals surface area (Å²) in [5.74, 6) is 1.44. The van der Waals surface area contributed by atoms with Gasteiger partial charge in [-0.15, -0.1) is 11.3 Å². The SMILES string of the molecule is CCNC(=NCc1ccc(OC)c(Br)c1)NCC(O)c1ccc(Cl)s1. The van der Waals surface area contributed by atoms with Gasteiger partial charge in [-0.2, -0.15) is 0 Å². The van der Waals surface area contributed by atoms with Crippen LogP contribution in [0, 0.1) is 0 Å². The minimum absolute atomic E-state index is 0.356. The normalized spacial score (nSPS) is 12.8. The largest absolute Gasteiger partial charge is 0.496 e. The predicted molar refractivity (Wildman–Crippen MR) is 108 cm³/mol. The van der Waals surface area contributed by atoms with Crippen LogP contribution in [0.4, 0.5) is 0 Å². The Hall–Kier alpha value is -1.28. The van der Waals surface area contributed by atoms with Gasteiger partial charge >= 0.3 is 0 Å². The number of hydrogen-bond acceptors (Lipinski definition) is 4. The lowest BCUT2D eigenvalue weighted by atomic mass is 10.2. The second-order valence-corrected chi connectivity index (χ2v) is 7.80. The molecule has 1 atom stereocenters. The van der Waals surface area contributed by atoms with E-state index in [0.717, 1.165) is 27.2 Å². The summed E-state index contributed by atoms with van der Waals surface area (Å²) in [6, 6.07) is 9.47. The molecule has 0 bridgehead atoms. The number of thiophene rings is 1. The van der Waals surface area contributed by atoms with E-state index in [2.05, 4.69) is 31.6 Å². The molecule has 0 saturated carbocycles. The summed E-state index contributed by atoms with van der Waals surface area (Å²) < 4.78 is 6.79. The van der Waals surface area contributed by atoms with Gasteiger partial charge in [0.15, 0.2) is 5.96 Å². The van der Waals surface area contributed by atoms with E-state index in [9.17, 15) is 5.11 Å². The molecule has 0 spiro atoms. The second-order valence-electron chi connectivity index (χ2n) is 5.20. The van der Waals surface area contributed by atoms with E-state index >= 15 is 0 Å². The molecule has 2 rings (SSSR count). The van der Waals surface area contributed by atoms with Gasteiger partial charge < -0.3 is 20.5 Å². The maximum absolute atomic E-state index is 10.2. The summed E-state index contributed by atoms with van der Waals surface area (Å²) in [6.45, 7) is 3.60. The molecule has 5 nitrogen and oxygen atoms in total. The van der Waals surface area contributed by atoms with Crippen LogP contribution in [0.2, 0.25) is 4.34 Å². The molecule has 25 heavy (non-hydrogen) atoms. The van der Waals surface area contributed by atoms with Crippen LogP contribution in [-0.4, -0.2) is 31.3 Å². The van der Waals surface area contributed by atoms with E-state index in [1.54, 1.807) is 13.2 Å². The van der Waals surface area contributed by atoms with Crippen LogP contribution in [0.3, 0.4) is 0 Å². The maximum Gasteiger partial charge on any atom is 0.191 e. The van der Waals surface area contributed by atoms with E-state index in [1.807, 2.05) is 31.2 Å². The number of hydrogen-bond donors (Lipinski definition) is 3. The summed E-state index contributed by atoms with van der Waals surface area (Å²) in [6.07, 6.45) is -0.628. The van der Waals surface area contributed by atoms with Crippen LogP contribution >= 0.6 is 38.9 Å². The Morgan fingerprint density at radius 1 is 1.36 bits per heavy atom. The molecule has 1 unspecified atom stereocenters. The van der Waals surface area contributed by atoms with E-state index < -0.39 is 6.10 Å². The summed E-state index contributed by atoms with van der Waals surface area (Å²) >= 11 is 10.8. The number of aliphatic imine (C=N–C) groups is 1. The minimum Gasteiger partial charge on any atom is -0.496 e. The lowest BCUT2D eigenvalue weighted by molar-refractivity contribution is 0.184. The van der Waals surface area contributed by atoms with Crippen molar-refractivity contribution < 1.29 is 9.84 Å². The first-order valence-corrected chi connectivity index (χ1v) is 9.80. The third-order valence-electron chi connectivity index (χ3n) is 3.37. The molecule has 0 aliphatic heterocycles. The number of nitrogens with zero attached hydrogens (tertiary/aromatic N) is 1. The summed E-state index contributed by atoms with van der Waals surface area (Å²) in [5.41, 5.74) is 1.05. The molecule has 1 aromatic carbocycles. The summed E-state index contributed by atoms with van der Waals surface area (Å²) in [5, 5.41) is 16.5. The molecular formula is C17H21BrClN3O2S. The number of methoxy groups -OCH3 is 1. The molecule has 8 heteroatoms. The number of nitrogens with one attached hydrogen (secondary N) is 2. The molecular weight excluding hydrogens is 426 g/mol. The summed E-state index contributed by atoms with van der Waals surface area (Å²) in [4.78, 5) is 5.38. The van der Waals surface area contributed by atoms with Gasteiger partial charge in [-0.05, 0) is 52.7 Å². The van der Waals surface area contributed by atoms with Crippen LogP contribution < -0.4 is 15.4 Å². The van der Waals surface area contributed by atoms with Crippen LogP contribution in [0.25, 0.3) is 0 Å². The number of guanidine groups is 1. The number of halogens is 2. The Labute approximate surface area is 165 Å². The second kappa shape index (κ2) is 10.0. The van der Waals surface area contributed by atoms with Gasteiger partial charge in [0, 0.05) is 18.0 Å². The lowest BCUT2D eigenvalue weighted by Crippen LogP contribution is -2.39. The highest BCUT2D eigenvalue weighted by atomic mass is 79.9. The molecule has 0 amide bonds. The van der Waals surface area contributed by atoms with Crippen LogP contribution in [0.1, 0.15) is 23.5 Å². The molecule has 0 aliphatic rings. The number of ether oxygens (including phenoxy) is 1. The minimum atomic E-state index is -0.628. The van der Waals surface area contributed by atoms with Gasteiger partial charge in [-0.3, -0.25) is 0 Å². The molecule has 0 radical (unpaired) electrons. The fourth-order valence-corrected chi connectivity index (χ4v) is 3.76. The number of rotatable bonds is 7. The highest BCUT2D eigenvalue weighted by Gasteiger charge is 2.11. The number of aliphatic hydroxyl groups excluding tert-OH is 1. The van der Waals surface area contributed by atoms with Crippen molar-refractivity contribution in [3.63, 3.8) is 0 Å². The first-order valence-electron chi connectivity index (χ1n) is 7.81. The predicted octanol–water partition coefficient (Wildman–Crippen LogP) is 3.96. The molecule has 0 fully saturated rings. The average molecular weight is 447 g/mol. The monoisotopic (exact) mass is 445 g/mol. The zero-order valence-electron chi connectivity index (χ0n) is 14.1. The van der Waals surface area contributed by atoms with E-state index in [0.29, 0.717) is 23.4 Å². The van der Waals surface area contributed by atoms with Crippen LogP contribution in [0.15, 0.2) is 39.8 Å². The fraction of sp³-hybridized carbons (Fsp3) is 0.353. The number of benzene rings is 1. The molecule has 1 aromatic heterocycles. The Morgan fingerprint density at radius 3 is 2.76 bits per heavy atom. The zero-order chi connectivity index (χ0) is 18.2.